The maximum absolute atomic E-state index is 12.8. The molecule has 0 amide bonds. The predicted octanol–water partition coefficient (Wildman–Crippen LogP) is 12.7. The highest BCUT2D eigenvalue weighted by atomic mass is 16.7. The third-order valence-corrected chi connectivity index (χ3v) is 12.0. The van der Waals surface area contributed by atoms with Crippen molar-refractivity contribution in [1.29, 1.82) is 0 Å². The fourth-order valence-corrected chi connectivity index (χ4v) is 7.93. The number of allylic oxidation sites excluding steroid dienone is 6. The van der Waals surface area contributed by atoms with Crippen LogP contribution in [0.1, 0.15) is 232 Å². The summed E-state index contributed by atoms with van der Waals surface area (Å²) in [4.78, 5) is 12.8. The van der Waals surface area contributed by atoms with Crippen LogP contribution in [-0.4, -0.2) is 89.6 Å². The maximum Gasteiger partial charge on any atom is 0.306 e. The normalized spacial score (nSPS) is 20.0. The fraction of sp³-hybridized carbons (Fsp3) is 0.868. The second kappa shape index (κ2) is 44.6. The first-order valence-corrected chi connectivity index (χ1v) is 26.1. The Hall–Kier alpha value is -1.59. The van der Waals surface area contributed by atoms with Gasteiger partial charge >= 0.3 is 5.97 Å². The van der Waals surface area contributed by atoms with E-state index in [4.69, 9.17) is 18.9 Å². The molecule has 1 aliphatic rings. The van der Waals surface area contributed by atoms with E-state index in [2.05, 4.69) is 50.3 Å². The van der Waals surface area contributed by atoms with Crippen LogP contribution < -0.4 is 0 Å². The number of esters is 1. The average Bonchev–Trinajstić information content (AvgIpc) is 3.27. The summed E-state index contributed by atoms with van der Waals surface area (Å²) in [6, 6.07) is 0. The van der Waals surface area contributed by atoms with Crippen molar-refractivity contribution in [2.75, 3.05) is 26.4 Å². The zero-order valence-corrected chi connectivity index (χ0v) is 40.1. The SMILES string of the molecule is CCCCCCC/C=C\C/C=C\CCCCCCCCCCCCCC(=O)OC(COCCCCCCCC/C=C\CCCCCCCC)COC1OC(CO)C(O)C(O)C1O. The Labute approximate surface area is 380 Å². The molecule has 0 radical (unpaired) electrons. The number of carbonyl (C=O) groups is 1. The van der Waals surface area contributed by atoms with Gasteiger partial charge in [0.25, 0.3) is 0 Å². The number of carbonyl (C=O) groups excluding carboxylic acids is 1. The van der Waals surface area contributed by atoms with E-state index >= 15 is 0 Å². The standard InChI is InChI=1S/C53H98O9/c1-3-5-7-9-11-13-15-17-19-21-22-23-24-25-26-27-28-30-32-34-36-38-40-42-49(55)61-47(46-60-53-52(58)51(57)50(56)48(44-54)62-53)45-59-43-41-39-37-35-33-31-29-20-18-16-14-12-10-8-6-4-2/h15,17-18,20-22,47-48,50-54,56-58H,3-14,16,19,23-46H2,1-2H3/b17-15-,20-18-,22-21-. The number of aliphatic hydroxyl groups excluding tert-OH is 4. The maximum atomic E-state index is 12.8. The number of ether oxygens (including phenoxy) is 4. The molecular weight excluding hydrogens is 781 g/mol. The zero-order chi connectivity index (χ0) is 45.0. The quantitative estimate of drug-likeness (QED) is 0.0268. The van der Waals surface area contributed by atoms with Crippen molar-refractivity contribution in [2.45, 2.75) is 269 Å². The Balaban J connectivity index is 2.19. The summed E-state index contributed by atoms with van der Waals surface area (Å²) in [6.07, 6.45) is 47.5. The van der Waals surface area contributed by atoms with Crippen molar-refractivity contribution < 1.29 is 44.2 Å². The summed E-state index contributed by atoms with van der Waals surface area (Å²) < 4.78 is 22.9. The van der Waals surface area contributed by atoms with E-state index in [0.717, 1.165) is 38.5 Å². The smallest absolute Gasteiger partial charge is 0.306 e. The molecule has 364 valence electrons. The third-order valence-electron chi connectivity index (χ3n) is 12.0. The van der Waals surface area contributed by atoms with Gasteiger partial charge in [0, 0.05) is 13.0 Å². The molecule has 9 nitrogen and oxygen atoms in total. The predicted molar refractivity (Wildman–Crippen MR) is 256 cm³/mol. The summed E-state index contributed by atoms with van der Waals surface area (Å²) in [5.41, 5.74) is 0. The first-order valence-electron chi connectivity index (χ1n) is 26.1. The van der Waals surface area contributed by atoms with Crippen LogP contribution in [0.5, 0.6) is 0 Å². The minimum atomic E-state index is -1.54. The molecule has 1 rings (SSSR count). The largest absolute Gasteiger partial charge is 0.457 e. The van der Waals surface area contributed by atoms with Crippen molar-refractivity contribution in [1.82, 2.24) is 0 Å². The lowest BCUT2D eigenvalue weighted by Crippen LogP contribution is -2.59. The van der Waals surface area contributed by atoms with Crippen LogP contribution in [0, 0.1) is 0 Å². The van der Waals surface area contributed by atoms with Gasteiger partial charge in [-0.3, -0.25) is 4.79 Å². The Morgan fingerprint density at radius 2 is 0.935 bits per heavy atom. The Kier molecular flexibility index (Phi) is 42.0. The van der Waals surface area contributed by atoms with Gasteiger partial charge in [0.05, 0.1) is 19.8 Å². The Morgan fingerprint density at radius 3 is 1.40 bits per heavy atom. The van der Waals surface area contributed by atoms with E-state index in [1.807, 2.05) is 0 Å². The zero-order valence-electron chi connectivity index (χ0n) is 40.1. The molecule has 6 atom stereocenters. The molecule has 0 spiro atoms. The van der Waals surface area contributed by atoms with Gasteiger partial charge in [0.2, 0.25) is 0 Å². The number of aliphatic hydroxyl groups is 4. The fourth-order valence-electron chi connectivity index (χ4n) is 7.93. The van der Waals surface area contributed by atoms with E-state index in [1.165, 1.54) is 173 Å². The topological polar surface area (TPSA) is 135 Å². The molecule has 9 heteroatoms. The van der Waals surface area contributed by atoms with Crippen molar-refractivity contribution >= 4 is 5.97 Å². The molecule has 1 heterocycles. The molecule has 0 aromatic rings. The van der Waals surface area contributed by atoms with Crippen LogP contribution >= 0.6 is 0 Å². The minimum Gasteiger partial charge on any atom is -0.457 e. The molecule has 62 heavy (non-hydrogen) atoms. The van der Waals surface area contributed by atoms with Crippen LogP contribution in [0.4, 0.5) is 0 Å². The van der Waals surface area contributed by atoms with Gasteiger partial charge in [0.15, 0.2) is 6.29 Å². The van der Waals surface area contributed by atoms with E-state index in [1.54, 1.807) is 0 Å². The van der Waals surface area contributed by atoms with Crippen molar-refractivity contribution in [3.8, 4) is 0 Å². The lowest BCUT2D eigenvalue weighted by atomic mass is 9.99. The number of hydrogen-bond donors (Lipinski definition) is 4. The molecule has 0 aromatic heterocycles. The highest BCUT2D eigenvalue weighted by Crippen LogP contribution is 2.23. The highest BCUT2D eigenvalue weighted by Gasteiger charge is 2.44. The lowest BCUT2D eigenvalue weighted by Gasteiger charge is -2.39. The molecule has 6 unspecified atom stereocenters. The van der Waals surface area contributed by atoms with Gasteiger partial charge in [0.1, 0.15) is 30.5 Å². The third kappa shape index (κ3) is 34.8. The van der Waals surface area contributed by atoms with Gasteiger partial charge < -0.3 is 39.4 Å². The minimum absolute atomic E-state index is 0.115. The van der Waals surface area contributed by atoms with Crippen LogP contribution in [0.3, 0.4) is 0 Å². The Bertz CT molecular complexity index is 1050. The lowest BCUT2D eigenvalue weighted by molar-refractivity contribution is -0.305. The summed E-state index contributed by atoms with van der Waals surface area (Å²) in [5, 5.41) is 40.2. The van der Waals surface area contributed by atoms with E-state index in [9.17, 15) is 25.2 Å². The van der Waals surface area contributed by atoms with Crippen LogP contribution in [-0.2, 0) is 23.7 Å². The van der Waals surface area contributed by atoms with Crippen molar-refractivity contribution in [3.63, 3.8) is 0 Å². The molecule has 0 aliphatic carbocycles. The molecular formula is C53H98O9. The number of unbranched alkanes of at least 4 members (excludes halogenated alkanes) is 28. The molecule has 4 N–H and O–H groups in total. The average molecular weight is 879 g/mol. The van der Waals surface area contributed by atoms with E-state index in [0.29, 0.717) is 13.0 Å². The van der Waals surface area contributed by atoms with E-state index < -0.39 is 43.4 Å². The molecule has 1 saturated heterocycles. The van der Waals surface area contributed by atoms with Crippen molar-refractivity contribution in [3.05, 3.63) is 36.5 Å². The van der Waals surface area contributed by atoms with Gasteiger partial charge in [-0.25, -0.2) is 0 Å². The molecule has 0 saturated carbocycles. The van der Waals surface area contributed by atoms with Crippen LogP contribution in [0.15, 0.2) is 36.5 Å². The van der Waals surface area contributed by atoms with Gasteiger partial charge in [-0.1, -0.05) is 192 Å². The number of hydrogen-bond acceptors (Lipinski definition) is 9. The summed E-state index contributed by atoms with van der Waals surface area (Å²) >= 11 is 0. The summed E-state index contributed by atoms with van der Waals surface area (Å²) in [6.45, 7) is 4.56. The Morgan fingerprint density at radius 1 is 0.516 bits per heavy atom. The number of rotatable bonds is 45. The monoisotopic (exact) mass is 879 g/mol. The first-order chi connectivity index (χ1) is 30.4. The second-order valence-electron chi connectivity index (χ2n) is 18.0. The summed E-state index contributed by atoms with van der Waals surface area (Å²) in [5.74, 6) is -0.316. The molecule has 1 fully saturated rings. The van der Waals surface area contributed by atoms with Crippen LogP contribution in [0.25, 0.3) is 0 Å². The first kappa shape index (κ1) is 58.4. The second-order valence-corrected chi connectivity index (χ2v) is 18.0. The van der Waals surface area contributed by atoms with Crippen molar-refractivity contribution in [2.24, 2.45) is 0 Å². The highest BCUT2D eigenvalue weighted by molar-refractivity contribution is 5.69. The van der Waals surface area contributed by atoms with Crippen LogP contribution in [0.2, 0.25) is 0 Å². The van der Waals surface area contributed by atoms with Gasteiger partial charge in [-0.2, -0.15) is 0 Å². The van der Waals surface area contributed by atoms with E-state index in [-0.39, 0.29) is 19.2 Å². The van der Waals surface area contributed by atoms with Gasteiger partial charge in [-0.15, -0.1) is 0 Å². The summed E-state index contributed by atoms with van der Waals surface area (Å²) in [7, 11) is 0. The molecule has 0 aromatic carbocycles. The van der Waals surface area contributed by atoms with Gasteiger partial charge in [-0.05, 0) is 70.6 Å². The molecule has 0 bridgehead atoms. The molecule has 1 aliphatic heterocycles.